The number of hydrogen-bond acceptors (Lipinski definition) is 2. The van der Waals surface area contributed by atoms with E-state index in [4.69, 9.17) is 6.42 Å². The van der Waals surface area contributed by atoms with E-state index < -0.39 is 0 Å². The Morgan fingerprint density at radius 2 is 2.10 bits per heavy atom. The first-order chi connectivity index (χ1) is 9.67. The van der Waals surface area contributed by atoms with E-state index in [9.17, 15) is 9.90 Å². The van der Waals surface area contributed by atoms with Crippen molar-refractivity contribution in [3.63, 3.8) is 0 Å². The van der Waals surface area contributed by atoms with E-state index in [1.54, 1.807) is 12.1 Å². The Morgan fingerprint density at radius 3 is 2.80 bits per heavy atom. The third kappa shape index (κ3) is 2.75. The fraction of sp³-hybridized carbons (Fsp3) is 0.235. The predicted octanol–water partition coefficient (Wildman–Crippen LogP) is 3.08. The molecule has 0 spiro atoms. The molecule has 0 aliphatic rings. The molecule has 2 aromatic rings. The molecule has 1 atom stereocenters. The van der Waals surface area contributed by atoms with Crippen LogP contribution in [0.25, 0.3) is 10.8 Å². The summed E-state index contributed by atoms with van der Waals surface area (Å²) in [5.74, 6) is 2.26. The number of nitrogens with one attached hydrogen (secondary N) is 1. The molecule has 3 heteroatoms. The standard InChI is InChI=1S/C17H17NO2/c1-3-7-13(4-2)18-17(20)15-11-10-12-8-5-6-9-14(12)16(15)19/h1,5-6,8-11,13,19H,4,7H2,2H3,(H,18,20). The van der Waals surface area contributed by atoms with E-state index >= 15 is 0 Å². The highest BCUT2D eigenvalue weighted by Gasteiger charge is 2.16. The molecule has 2 rings (SSSR count). The summed E-state index contributed by atoms with van der Waals surface area (Å²) in [4.78, 5) is 12.2. The van der Waals surface area contributed by atoms with Crippen LogP contribution in [0.2, 0.25) is 0 Å². The number of aromatic hydroxyl groups is 1. The maximum Gasteiger partial charge on any atom is 0.255 e. The second kappa shape index (κ2) is 6.12. The smallest absolute Gasteiger partial charge is 0.255 e. The minimum atomic E-state index is -0.296. The summed E-state index contributed by atoms with van der Waals surface area (Å²) in [7, 11) is 0. The van der Waals surface area contributed by atoms with E-state index in [2.05, 4.69) is 11.2 Å². The van der Waals surface area contributed by atoms with Crippen molar-refractivity contribution in [2.45, 2.75) is 25.8 Å². The fourth-order valence-corrected chi connectivity index (χ4v) is 2.14. The molecule has 1 amide bonds. The quantitative estimate of drug-likeness (QED) is 0.836. The monoisotopic (exact) mass is 267 g/mol. The Hall–Kier alpha value is -2.47. The number of carbonyl (C=O) groups excluding carboxylic acids is 1. The van der Waals surface area contributed by atoms with Gasteiger partial charge in [0.1, 0.15) is 5.75 Å². The van der Waals surface area contributed by atoms with Gasteiger partial charge in [-0.15, -0.1) is 12.3 Å². The van der Waals surface area contributed by atoms with Crippen molar-refractivity contribution < 1.29 is 9.90 Å². The highest BCUT2D eigenvalue weighted by Crippen LogP contribution is 2.28. The topological polar surface area (TPSA) is 49.3 Å². The third-order valence-electron chi connectivity index (χ3n) is 3.34. The average molecular weight is 267 g/mol. The first-order valence-corrected chi connectivity index (χ1v) is 6.62. The molecular formula is C17H17NO2. The number of phenols is 1. The van der Waals surface area contributed by atoms with E-state index in [1.807, 2.05) is 31.2 Å². The highest BCUT2D eigenvalue weighted by molar-refractivity contribution is 6.03. The number of phenolic OH excluding ortho intramolecular Hbond substituents is 1. The second-order valence-corrected chi connectivity index (χ2v) is 4.67. The molecule has 0 aliphatic carbocycles. The van der Waals surface area contributed by atoms with Gasteiger partial charge in [0, 0.05) is 17.8 Å². The van der Waals surface area contributed by atoms with Crippen LogP contribution >= 0.6 is 0 Å². The molecule has 0 aromatic heterocycles. The van der Waals surface area contributed by atoms with Crippen LogP contribution in [0.4, 0.5) is 0 Å². The molecule has 1 unspecified atom stereocenters. The Balaban J connectivity index is 2.31. The van der Waals surface area contributed by atoms with Gasteiger partial charge < -0.3 is 10.4 Å². The van der Waals surface area contributed by atoms with E-state index in [0.717, 1.165) is 11.8 Å². The number of terminal acetylenes is 1. The summed E-state index contributed by atoms with van der Waals surface area (Å²) in [6, 6.07) is 10.8. The van der Waals surface area contributed by atoms with E-state index in [1.165, 1.54) is 0 Å². The van der Waals surface area contributed by atoms with Crippen LogP contribution in [-0.2, 0) is 0 Å². The van der Waals surface area contributed by atoms with Gasteiger partial charge >= 0.3 is 0 Å². The summed E-state index contributed by atoms with van der Waals surface area (Å²) < 4.78 is 0. The normalized spacial score (nSPS) is 11.8. The van der Waals surface area contributed by atoms with Gasteiger partial charge in [-0.05, 0) is 17.9 Å². The lowest BCUT2D eigenvalue weighted by atomic mass is 10.0. The Bertz CT molecular complexity index is 670. The largest absolute Gasteiger partial charge is 0.506 e. The van der Waals surface area contributed by atoms with E-state index in [0.29, 0.717) is 11.8 Å². The molecule has 0 fully saturated rings. The number of carbonyl (C=O) groups is 1. The number of rotatable bonds is 4. The second-order valence-electron chi connectivity index (χ2n) is 4.67. The van der Waals surface area contributed by atoms with Crippen molar-refractivity contribution in [2.75, 3.05) is 0 Å². The van der Waals surface area contributed by atoms with E-state index in [-0.39, 0.29) is 23.3 Å². The number of hydrogen-bond donors (Lipinski definition) is 2. The summed E-state index contributed by atoms with van der Waals surface area (Å²) in [6.45, 7) is 1.96. The molecule has 0 bridgehead atoms. The van der Waals surface area contributed by atoms with Gasteiger partial charge in [-0.2, -0.15) is 0 Å². The lowest BCUT2D eigenvalue weighted by Crippen LogP contribution is -2.34. The molecule has 0 radical (unpaired) electrons. The summed E-state index contributed by atoms with van der Waals surface area (Å²) >= 11 is 0. The minimum Gasteiger partial charge on any atom is -0.506 e. The molecule has 2 aromatic carbocycles. The number of amides is 1. The summed E-state index contributed by atoms with van der Waals surface area (Å²) in [5.41, 5.74) is 0.277. The lowest BCUT2D eigenvalue weighted by Gasteiger charge is -2.15. The van der Waals surface area contributed by atoms with Gasteiger partial charge in [-0.3, -0.25) is 4.79 Å². The van der Waals surface area contributed by atoms with Crippen molar-refractivity contribution in [2.24, 2.45) is 0 Å². The number of benzene rings is 2. The van der Waals surface area contributed by atoms with Gasteiger partial charge in [0.2, 0.25) is 0 Å². The van der Waals surface area contributed by atoms with Crippen molar-refractivity contribution in [3.8, 4) is 18.1 Å². The Kier molecular flexibility index (Phi) is 4.27. The minimum absolute atomic E-state index is 0.0103. The van der Waals surface area contributed by atoms with Crippen molar-refractivity contribution in [1.29, 1.82) is 0 Å². The molecular weight excluding hydrogens is 250 g/mol. The molecule has 2 N–H and O–H groups in total. The lowest BCUT2D eigenvalue weighted by molar-refractivity contribution is 0.0934. The van der Waals surface area contributed by atoms with Gasteiger partial charge in [-0.1, -0.05) is 37.3 Å². The first-order valence-electron chi connectivity index (χ1n) is 6.62. The fourth-order valence-electron chi connectivity index (χ4n) is 2.14. The van der Waals surface area contributed by atoms with Crippen LogP contribution in [0.3, 0.4) is 0 Å². The predicted molar refractivity (Wildman–Crippen MR) is 80.6 cm³/mol. The number of fused-ring (bicyclic) bond motifs is 1. The Morgan fingerprint density at radius 1 is 1.35 bits per heavy atom. The van der Waals surface area contributed by atoms with Gasteiger partial charge in [0.15, 0.2) is 0 Å². The van der Waals surface area contributed by atoms with Crippen molar-refractivity contribution in [3.05, 3.63) is 42.0 Å². The molecule has 102 valence electrons. The maximum atomic E-state index is 12.2. The average Bonchev–Trinajstić information content (AvgIpc) is 2.47. The SMILES string of the molecule is C#CCC(CC)NC(=O)c1ccc2ccccc2c1O. The van der Waals surface area contributed by atoms with Crippen molar-refractivity contribution >= 4 is 16.7 Å². The third-order valence-corrected chi connectivity index (χ3v) is 3.34. The molecule has 3 nitrogen and oxygen atoms in total. The zero-order valence-corrected chi connectivity index (χ0v) is 11.4. The van der Waals surface area contributed by atoms with Crippen LogP contribution in [0.1, 0.15) is 30.1 Å². The zero-order chi connectivity index (χ0) is 14.5. The van der Waals surface area contributed by atoms with Crippen LogP contribution < -0.4 is 5.32 Å². The molecule has 0 heterocycles. The molecule has 0 saturated heterocycles. The maximum absolute atomic E-state index is 12.2. The summed E-state index contributed by atoms with van der Waals surface area (Å²) in [5, 5.41) is 14.7. The van der Waals surface area contributed by atoms with Crippen LogP contribution in [0.5, 0.6) is 5.75 Å². The Labute approximate surface area is 118 Å². The molecule has 20 heavy (non-hydrogen) atoms. The van der Waals surface area contributed by atoms with Crippen LogP contribution in [-0.4, -0.2) is 17.1 Å². The van der Waals surface area contributed by atoms with Crippen LogP contribution in [0, 0.1) is 12.3 Å². The highest BCUT2D eigenvalue weighted by atomic mass is 16.3. The summed E-state index contributed by atoms with van der Waals surface area (Å²) in [6.07, 6.45) is 6.51. The van der Waals surface area contributed by atoms with Gasteiger partial charge in [0.05, 0.1) is 5.56 Å². The van der Waals surface area contributed by atoms with Gasteiger partial charge in [0.25, 0.3) is 5.91 Å². The molecule has 0 saturated carbocycles. The molecule has 0 aliphatic heterocycles. The van der Waals surface area contributed by atoms with Crippen molar-refractivity contribution in [1.82, 2.24) is 5.32 Å². The zero-order valence-electron chi connectivity index (χ0n) is 11.4. The van der Waals surface area contributed by atoms with Crippen LogP contribution in [0.15, 0.2) is 36.4 Å². The first kappa shape index (κ1) is 14.0. The van der Waals surface area contributed by atoms with Gasteiger partial charge in [-0.25, -0.2) is 0 Å².